The van der Waals surface area contributed by atoms with Crippen LogP contribution in [-0.2, 0) is 0 Å². The molecule has 0 unspecified atom stereocenters. The second-order valence-corrected chi connectivity index (χ2v) is 4.64. The summed E-state index contributed by atoms with van der Waals surface area (Å²) in [5.74, 6) is 1.02. The number of nitrogens with zero attached hydrogens (tertiary/aromatic N) is 2. The van der Waals surface area contributed by atoms with Crippen LogP contribution < -0.4 is 10.2 Å². The summed E-state index contributed by atoms with van der Waals surface area (Å²) in [6.45, 7) is 7.48. The topological polar surface area (TPSA) is 28.2 Å². The van der Waals surface area contributed by atoms with Gasteiger partial charge >= 0.3 is 0 Å². The summed E-state index contributed by atoms with van der Waals surface area (Å²) in [4.78, 5) is 6.83. The van der Waals surface area contributed by atoms with Crippen LogP contribution in [0.25, 0.3) is 0 Å². The third-order valence-electron chi connectivity index (χ3n) is 2.84. The van der Waals surface area contributed by atoms with Crippen molar-refractivity contribution in [1.82, 2.24) is 4.98 Å². The van der Waals surface area contributed by atoms with Crippen molar-refractivity contribution in [2.45, 2.75) is 20.3 Å². The maximum absolute atomic E-state index is 4.44. The zero-order valence-electron chi connectivity index (χ0n) is 9.18. The lowest BCUT2D eigenvalue weighted by molar-refractivity contribution is 0.784. The van der Waals surface area contributed by atoms with Gasteiger partial charge in [-0.3, -0.25) is 0 Å². The van der Waals surface area contributed by atoms with E-state index in [-0.39, 0.29) is 0 Å². The van der Waals surface area contributed by atoms with Gasteiger partial charge in [0, 0.05) is 30.3 Å². The highest BCUT2D eigenvalue weighted by Crippen LogP contribution is 2.33. The summed E-state index contributed by atoms with van der Waals surface area (Å²) in [5.41, 5.74) is 2.53. The summed E-state index contributed by atoms with van der Waals surface area (Å²) in [7, 11) is 0. The highest BCUT2D eigenvalue weighted by molar-refractivity contribution is 9.10. The fourth-order valence-electron chi connectivity index (χ4n) is 1.99. The second kappa shape index (κ2) is 4.39. The van der Waals surface area contributed by atoms with Gasteiger partial charge in [-0.15, -0.1) is 0 Å². The third kappa shape index (κ3) is 1.95. The van der Waals surface area contributed by atoms with Gasteiger partial charge in [0.15, 0.2) is 0 Å². The zero-order valence-corrected chi connectivity index (χ0v) is 10.8. The molecule has 3 nitrogen and oxygen atoms in total. The third-order valence-corrected chi connectivity index (χ3v) is 3.64. The first-order valence-electron chi connectivity index (χ1n) is 5.38. The van der Waals surface area contributed by atoms with Crippen molar-refractivity contribution in [2.24, 2.45) is 0 Å². The molecule has 4 heteroatoms. The molecule has 0 aromatic carbocycles. The van der Waals surface area contributed by atoms with Crippen LogP contribution in [0.2, 0.25) is 0 Å². The maximum Gasteiger partial charge on any atom is 0.149 e. The molecular weight excluding hydrogens is 254 g/mol. The molecule has 0 amide bonds. The summed E-state index contributed by atoms with van der Waals surface area (Å²) >= 11 is 3.54. The molecule has 0 fully saturated rings. The largest absolute Gasteiger partial charge is 0.369 e. The molecule has 0 radical (unpaired) electrons. The van der Waals surface area contributed by atoms with E-state index in [1.54, 1.807) is 0 Å². The highest BCUT2D eigenvalue weighted by Gasteiger charge is 2.18. The van der Waals surface area contributed by atoms with E-state index in [0.29, 0.717) is 0 Å². The number of anilines is 2. The van der Waals surface area contributed by atoms with Gasteiger partial charge in [0.25, 0.3) is 0 Å². The molecule has 0 spiro atoms. The number of aromatic nitrogens is 1. The van der Waals surface area contributed by atoms with Gasteiger partial charge in [-0.1, -0.05) is 0 Å². The predicted molar refractivity (Wildman–Crippen MR) is 67.7 cm³/mol. The quantitative estimate of drug-likeness (QED) is 0.850. The van der Waals surface area contributed by atoms with Crippen LogP contribution in [-0.4, -0.2) is 24.6 Å². The Kier molecular flexibility index (Phi) is 3.14. The van der Waals surface area contributed by atoms with Crippen LogP contribution in [0, 0.1) is 6.92 Å². The second-order valence-electron chi connectivity index (χ2n) is 3.79. The molecule has 82 valence electrons. The SMILES string of the molecule is CCN1CCCNc2ncc(Br)c(C)c21. The summed E-state index contributed by atoms with van der Waals surface area (Å²) in [6, 6.07) is 0. The van der Waals surface area contributed by atoms with E-state index in [4.69, 9.17) is 0 Å². The Morgan fingerprint density at radius 2 is 2.40 bits per heavy atom. The van der Waals surface area contributed by atoms with Gasteiger partial charge in [-0.2, -0.15) is 0 Å². The molecular formula is C11H16BrN3. The predicted octanol–water partition coefficient (Wildman–Crippen LogP) is 2.79. The van der Waals surface area contributed by atoms with E-state index in [0.717, 1.165) is 29.9 Å². The number of pyridine rings is 1. The summed E-state index contributed by atoms with van der Waals surface area (Å²) in [5, 5.41) is 3.38. The van der Waals surface area contributed by atoms with Crippen molar-refractivity contribution < 1.29 is 0 Å². The van der Waals surface area contributed by atoms with E-state index in [1.165, 1.54) is 17.7 Å². The van der Waals surface area contributed by atoms with Crippen LogP contribution >= 0.6 is 15.9 Å². The smallest absolute Gasteiger partial charge is 0.149 e. The molecule has 2 rings (SSSR count). The van der Waals surface area contributed by atoms with Crippen LogP contribution in [0.15, 0.2) is 10.7 Å². The Labute approximate surface area is 99.0 Å². The van der Waals surface area contributed by atoms with Crippen LogP contribution in [0.1, 0.15) is 18.9 Å². The fourth-order valence-corrected chi connectivity index (χ4v) is 2.28. The molecule has 15 heavy (non-hydrogen) atoms. The Bertz CT molecular complexity index is 365. The summed E-state index contributed by atoms with van der Waals surface area (Å²) < 4.78 is 1.09. The molecule has 0 bridgehead atoms. The van der Waals surface area contributed by atoms with Crippen LogP contribution in [0.4, 0.5) is 11.5 Å². The lowest BCUT2D eigenvalue weighted by Gasteiger charge is -2.24. The van der Waals surface area contributed by atoms with E-state index < -0.39 is 0 Å². The van der Waals surface area contributed by atoms with Gasteiger partial charge < -0.3 is 10.2 Å². The Morgan fingerprint density at radius 1 is 1.60 bits per heavy atom. The van der Waals surface area contributed by atoms with Crippen LogP contribution in [0.3, 0.4) is 0 Å². The fraction of sp³-hybridized carbons (Fsp3) is 0.545. The van der Waals surface area contributed by atoms with Crippen molar-refractivity contribution in [3.63, 3.8) is 0 Å². The molecule has 0 saturated carbocycles. The van der Waals surface area contributed by atoms with Crippen molar-refractivity contribution >= 4 is 27.4 Å². The van der Waals surface area contributed by atoms with Crippen molar-refractivity contribution in [3.8, 4) is 0 Å². The number of rotatable bonds is 1. The minimum Gasteiger partial charge on any atom is -0.369 e. The normalized spacial score (nSPS) is 15.5. The minimum atomic E-state index is 1.01. The molecule has 0 saturated heterocycles. The molecule has 0 aliphatic carbocycles. The van der Waals surface area contributed by atoms with Crippen molar-refractivity contribution in [3.05, 3.63) is 16.2 Å². The molecule has 1 aromatic rings. The summed E-state index contributed by atoms with van der Waals surface area (Å²) in [6.07, 6.45) is 3.04. The molecule has 2 heterocycles. The lowest BCUT2D eigenvalue weighted by Crippen LogP contribution is -2.24. The minimum absolute atomic E-state index is 1.01. The molecule has 1 N–H and O–H groups in total. The number of hydrogen-bond acceptors (Lipinski definition) is 3. The molecule has 1 aliphatic rings. The van der Waals surface area contributed by atoms with Crippen molar-refractivity contribution in [1.29, 1.82) is 0 Å². The molecule has 1 aliphatic heterocycles. The van der Waals surface area contributed by atoms with Gasteiger partial charge in [0.05, 0.1) is 5.69 Å². The van der Waals surface area contributed by atoms with Gasteiger partial charge in [0.2, 0.25) is 0 Å². The Balaban J connectivity index is 2.52. The standard InChI is InChI=1S/C11H16BrN3/c1-3-15-6-4-5-13-11-10(15)8(2)9(12)7-14-11/h7H,3-6H2,1-2H3,(H,13,14). The van der Waals surface area contributed by atoms with E-state index in [1.807, 2.05) is 6.20 Å². The average Bonchev–Trinajstić information content (AvgIpc) is 2.45. The zero-order chi connectivity index (χ0) is 10.8. The lowest BCUT2D eigenvalue weighted by atomic mass is 10.2. The van der Waals surface area contributed by atoms with Gasteiger partial charge in [-0.25, -0.2) is 4.98 Å². The van der Waals surface area contributed by atoms with Gasteiger partial charge in [0.1, 0.15) is 5.82 Å². The Hall–Kier alpha value is -0.770. The number of hydrogen-bond donors (Lipinski definition) is 1. The molecule has 0 atom stereocenters. The first kappa shape index (κ1) is 10.7. The number of nitrogens with one attached hydrogen (secondary N) is 1. The Morgan fingerprint density at radius 3 is 3.13 bits per heavy atom. The van der Waals surface area contributed by atoms with Crippen molar-refractivity contribution in [2.75, 3.05) is 29.9 Å². The van der Waals surface area contributed by atoms with Crippen LogP contribution in [0.5, 0.6) is 0 Å². The van der Waals surface area contributed by atoms with E-state index in [9.17, 15) is 0 Å². The first-order valence-corrected chi connectivity index (χ1v) is 6.17. The highest BCUT2D eigenvalue weighted by atomic mass is 79.9. The maximum atomic E-state index is 4.44. The molecule has 1 aromatic heterocycles. The van der Waals surface area contributed by atoms with E-state index >= 15 is 0 Å². The number of fused-ring (bicyclic) bond motifs is 1. The first-order chi connectivity index (χ1) is 7.24. The van der Waals surface area contributed by atoms with Gasteiger partial charge in [-0.05, 0) is 41.8 Å². The average molecular weight is 270 g/mol. The number of halogens is 1. The van der Waals surface area contributed by atoms with E-state index in [2.05, 4.69) is 45.0 Å². The monoisotopic (exact) mass is 269 g/mol.